The van der Waals surface area contributed by atoms with Crippen LogP contribution >= 0.6 is 0 Å². The van der Waals surface area contributed by atoms with Crippen molar-refractivity contribution in [3.8, 4) is 0 Å². The molecule has 5 atom stereocenters. The molecule has 1 rings (SSSR count). The lowest BCUT2D eigenvalue weighted by atomic mass is 10.1. The van der Waals surface area contributed by atoms with Crippen LogP contribution in [0.25, 0.3) is 0 Å². The lowest BCUT2D eigenvalue weighted by Crippen LogP contribution is -2.40. The Balaban J connectivity index is 2.58. The number of hydrogen-bond donors (Lipinski definition) is 5. The van der Waals surface area contributed by atoms with Crippen LogP contribution in [0.3, 0.4) is 0 Å². The van der Waals surface area contributed by atoms with E-state index in [0.717, 1.165) is 0 Å². The molecule has 0 amide bonds. The van der Waals surface area contributed by atoms with Crippen LogP contribution in [0, 0.1) is 0 Å². The molecule has 1 heterocycles. The molecule has 1 saturated heterocycles. The second-order valence-electron chi connectivity index (χ2n) is 2.72. The van der Waals surface area contributed by atoms with Crippen molar-refractivity contribution in [2.75, 3.05) is 6.61 Å². The van der Waals surface area contributed by atoms with Gasteiger partial charge in [-0.15, -0.1) is 0 Å². The topological polar surface area (TPSA) is 110 Å². The molecule has 72 valence electrons. The molecule has 0 aromatic heterocycles. The summed E-state index contributed by atoms with van der Waals surface area (Å²) in [7, 11) is 0. The number of rotatable bonds is 2. The zero-order chi connectivity index (χ0) is 9.30. The van der Waals surface area contributed by atoms with E-state index in [2.05, 4.69) is 4.74 Å². The molecule has 0 aromatic rings. The van der Waals surface area contributed by atoms with Gasteiger partial charge in [0.05, 0.1) is 6.61 Å². The number of aliphatic hydroxyl groups is 5. The SMILES string of the molecule is OC[C@H](O)C1OC(O)[C@@H](O)[C@H]1O. The van der Waals surface area contributed by atoms with Crippen LogP contribution in [0.5, 0.6) is 0 Å². The van der Waals surface area contributed by atoms with Crippen LogP contribution < -0.4 is 0 Å². The van der Waals surface area contributed by atoms with Crippen molar-refractivity contribution >= 4 is 0 Å². The Morgan fingerprint density at radius 3 is 2.08 bits per heavy atom. The van der Waals surface area contributed by atoms with Gasteiger partial charge >= 0.3 is 0 Å². The van der Waals surface area contributed by atoms with Gasteiger partial charge < -0.3 is 30.3 Å². The lowest BCUT2D eigenvalue weighted by molar-refractivity contribution is -0.150. The maximum atomic E-state index is 9.12. The van der Waals surface area contributed by atoms with Gasteiger partial charge in [-0.3, -0.25) is 0 Å². The van der Waals surface area contributed by atoms with Crippen LogP contribution in [-0.2, 0) is 4.74 Å². The summed E-state index contributed by atoms with van der Waals surface area (Å²) in [5.74, 6) is 0. The third-order valence-corrected chi connectivity index (χ3v) is 1.84. The van der Waals surface area contributed by atoms with Crippen LogP contribution in [-0.4, -0.2) is 62.8 Å². The van der Waals surface area contributed by atoms with Crippen molar-refractivity contribution in [3.63, 3.8) is 0 Å². The third-order valence-electron chi connectivity index (χ3n) is 1.84. The van der Waals surface area contributed by atoms with E-state index >= 15 is 0 Å². The van der Waals surface area contributed by atoms with Crippen LogP contribution in [0.1, 0.15) is 0 Å². The molecule has 1 aliphatic rings. The van der Waals surface area contributed by atoms with Crippen molar-refractivity contribution in [2.24, 2.45) is 0 Å². The first kappa shape index (κ1) is 9.85. The number of hydrogen-bond acceptors (Lipinski definition) is 6. The second-order valence-corrected chi connectivity index (χ2v) is 2.72. The normalized spacial score (nSPS) is 44.8. The van der Waals surface area contributed by atoms with Gasteiger partial charge in [0.2, 0.25) is 0 Å². The molecule has 0 spiro atoms. The summed E-state index contributed by atoms with van der Waals surface area (Å²) in [6.45, 7) is -0.596. The highest BCUT2D eigenvalue weighted by atomic mass is 16.6. The molecule has 2 unspecified atom stereocenters. The Hall–Kier alpha value is -0.240. The average molecular weight is 180 g/mol. The highest BCUT2D eigenvalue weighted by molar-refractivity contribution is 4.89. The molecule has 12 heavy (non-hydrogen) atoms. The first-order valence-corrected chi connectivity index (χ1v) is 3.56. The highest BCUT2D eigenvalue weighted by Gasteiger charge is 2.44. The Labute approximate surface area is 68.6 Å². The fraction of sp³-hybridized carbons (Fsp3) is 1.00. The molecular weight excluding hydrogens is 168 g/mol. The predicted octanol–water partition coefficient (Wildman–Crippen LogP) is -3.22. The zero-order valence-electron chi connectivity index (χ0n) is 6.24. The van der Waals surface area contributed by atoms with E-state index in [-0.39, 0.29) is 0 Å². The minimum atomic E-state index is -1.51. The maximum absolute atomic E-state index is 9.12. The molecule has 1 aliphatic heterocycles. The molecular formula is C6H12O6. The van der Waals surface area contributed by atoms with E-state index in [4.69, 9.17) is 25.5 Å². The van der Waals surface area contributed by atoms with Gasteiger partial charge in [-0.2, -0.15) is 0 Å². The van der Waals surface area contributed by atoms with E-state index in [0.29, 0.717) is 0 Å². The first-order valence-electron chi connectivity index (χ1n) is 3.56. The van der Waals surface area contributed by atoms with E-state index < -0.39 is 37.3 Å². The summed E-state index contributed by atoms with van der Waals surface area (Å²) >= 11 is 0. The van der Waals surface area contributed by atoms with E-state index in [1.807, 2.05) is 0 Å². The van der Waals surface area contributed by atoms with Gasteiger partial charge in [-0.05, 0) is 0 Å². The molecule has 1 fully saturated rings. The summed E-state index contributed by atoms with van der Waals surface area (Å²) in [4.78, 5) is 0. The summed E-state index contributed by atoms with van der Waals surface area (Å²) in [5, 5.41) is 44.4. The summed E-state index contributed by atoms with van der Waals surface area (Å²) in [6.07, 6.45) is -6.75. The Kier molecular flexibility index (Phi) is 2.99. The van der Waals surface area contributed by atoms with Gasteiger partial charge in [0.25, 0.3) is 0 Å². The van der Waals surface area contributed by atoms with E-state index in [1.54, 1.807) is 0 Å². The lowest BCUT2D eigenvalue weighted by Gasteiger charge is -2.18. The van der Waals surface area contributed by atoms with Gasteiger partial charge in [0.1, 0.15) is 24.4 Å². The predicted molar refractivity (Wildman–Crippen MR) is 36.0 cm³/mol. The van der Waals surface area contributed by atoms with Crippen LogP contribution in [0.15, 0.2) is 0 Å². The number of aliphatic hydroxyl groups excluding tert-OH is 5. The average Bonchev–Trinajstić information content (AvgIpc) is 2.32. The fourth-order valence-corrected chi connectivity index (χ4v) is 1.11. The Morgan fingerprint density at radius 2 is 1.75 bits per heavy atom. The van der Waals surface area contributed by atoms with Gasteiger partial charge in [0.15, 0.2) is 6.29 Å². The summed E-state index contributed by atoms with van der Waals surface area (Å²) in [6, 6.07) is 0. The monoisotopic (exact) mass is 180 g/mol. The molecule has 0 bridgehead atoms. The number of ether oxygens (including phenoxy) is 1. The van der Waals surface area contributed by atoms with Crippen molar-refractivity contribution in [1.82, 2.24) is 0 Å². The third kappa shape index (κ3) is 1.58. The van der Waals surface area contributed by atoms with Crippen molar-refractivity contribution in [1.29, 1.82) is 0 Å². The quantitative estimate of drug-likeness (QED) is 0.306. The van der Waals surface area contributed by atoms with Crippen LogP contribution in [0.2, 0.25) is 0 Å². The molecule has 0 aliphatic carbocycles. The largest absolute Gasteiger partial charge is 0.394 e. The van der Waals surface area contributed by atoms with E-state index in [1.165, 1.54) is 0 Å². The minimum Gasteiger partial charge on any atom is -0.394 e. The molecule has 5 N–H and O–H groups in total. The minimum absolute atomic E-state index is 0.596. The first-order chi connectivity index (χ1) is 5.57. The van der Waals surface area contributed by atoms with Gasteiger partial charge in [0, 0.05) is 0 Å². The molecule has 6 nitrogen and oxygen atoms in total. The van der Waals surface area contributed by atoms with Gasteiger partial charge in [-0.25, -0.2) is 0 Å². The second kappa shape index (κ2) is 3.65. The molecule has 0 aromatic carbocycles. The smallest absolute Gasteiger partial charge is 0.184 e. The standard InChI is InChI=1S/C6H12O6/c7-1-2(8)5-3(9)4(10)6(11)12-5/h2-11H,1H2/t2-,3+,4-,5?,6?/m0/s1. The zero-order valence-corrected chi connectivity index (χ0v) is 6.24. The van der Waals surface area contributed by atoms with Crippen LogP contribution in [0.4, 0.5) is 0 Å². The fourth-order valence-electron chi connectivity index (χ4n) is 1.11. The van der Waals surface area contributed by atoms with Gasteiger partial charge in [-0.1, -0.05) is 0 Å². The van der Waals surface area contributed by atoms with Crippen molar-refractivity contribution in [2.45, 2.75) is 30.7 Å². The van der Waals surface area contributed by atoms with Crippen molar-refractivity contribution in [3.05, 3.63) is 0 Å². The summed E-state index contributed by atoms with van der Waals surface area (Å²) < 4.78 is 4.58. The molecule has 6 heteroatoms. The van der Waals surface area contributed by atoms with Crippen molar-refractivity contribution < 1.29 is 30.3 Å². The maximum Gasteiger partial charge on any atom is 0.184 e. The summed E-state index contributed by atoms with van der Waals surface area (Å²) in [5.41, 5.74) is 0. The molecule has 0 radical (unpaired) electrons. The molecule has 0 saturated carbocycles. The Morgan fingerprint density at radius 1 is 1.17 bits per heavy atom. The Bertz CT molecular complexity index is 151. The highest BCUT2D eigenvalue weighted by Crippen LogP contribution is 2.21. The van der Waals surface area contributed by atoms with E-state index in [9.17, 15) is 0 Å².